The lowest BCUT2D eigenvalue weighted by molar-refractivity contribution is -0.0300. The van der Waals surface area contributed by atoms with E-state index in [1.165, 1.54) is 10.8 Å². The molecule has 0 aliphatic carbocycles. The van der Waals surface area contributed by atoms with Gasteiger partial charge in [0, 0.05) is 11.8 Å². The summed E-state index contributed by atoms with van der Waals surface area (Å²) in [5.41, 5.74) is 5.83. The Morgan fingerprint density at radius 2 is 2.10 bits per heavy atom. The molecule has 1 fully saturated rings. The van der Waals surface area contributed by atoms with Crippen molar-refractivity contribution in [3.63, 3.8) is 0 Å². The summed E-state index contributed by atoms with van der Waals surface area (Å²) in [5.74, 6) is 0.522. The van der Waals surface area contributed by atoms with Gasteiger partial charge in [-0.05, 0) is 18.9 Å². The number of aromatic nitrogens is 2. The molecule has 1 aromatic heterocycles. The quantitative estimate of drug-likeness (QED) is 0.512. The molecule has 3 heterocycles. The SMILES string of the molecule is C#C.CF.Nc1nc(=O)n(C2CCC(CO[P+]3(O)OCc4ccccc4O3)O2)cc1Cl. The maximum atomic E-state index is 12.0. The summed E-state index contributed by atoms with van der Waals surface area (Å²) in [6.07, 6.45) is 9.72. The maximum absolute atomic E-state index is 12.0. The Labute approximate surface area is 184 Å². The van der Waals surface area contributed by atoms with Gasteiger partial charge in [-0.3, -0.25) is 13.5 Å². The van der Waals surface area contributed by atoms with Crippen LogP contribution in [-0.2, 0) is 20.4 Å². The zero-order valence-corrected chi connectivity index (χ0v) is 18.3. The zero-order chi connectivity index (χ0) is 23.0. The molecule has 2 aliphatic rings. The van der Waals surface area contributed by atoms with Crippen molar-refractivity contribution in [1.82, 2.24) is 9.55 Å². The highest BCUT2D eigenvalue weighted by Crippen LogP contribution is 2.61. The molecule has 168 valence electrons. The van der Waals surface area contributed by atoms with Gasteiger partial charge in [-0.15, -0.1) is 21.9 Å². The highest BCUT2D eigenvalue weighted by molar-refractivity contribution is 7.55. The third kappa shape index (κ3) is 6.14. The van der Waals surface area contributed by atoms with Crippen LogP contribution in [0.3, 0.4) is 0 Å². The van der Waals surface area contributed by atoms with E-state index in [9.17, 15) is 14.1 Å². The number of hydrogen-bond donors (Lipinski definition) is 2. The molecular formula is C19H23ClFN3O6P+. The van der Waals surface area contributed by atoms with E-state index in [4.69, 9.17) is 35.6 Å². The highest BCUT2D eigenvalue weighted by atomic mass is 35.5. The van der Waals surface area contributed by atoms with Crippen molar-refractivity contribution in [2.45, 2.75) is 31.8 Å². The first-order valence-electron chi connectivity index (χ1n) is 9.03. The van der Waals surface area contributed by atoms with Crippen LogP contribution in [0.4, 0.5) is 10.2 Å². The number of para-hydroxylation sites is 1. The molecule has 0 radical (unpaired) electrons. The average molecular weight is 475 g/mol. The van der Waals surface area contributed by atoms with E-state index in [-0.39, 0.29) is 30.2 Å². The van der Waals surface area contributed by atoms with Crippen LogP contribution in [0.15, 0.2) is 35.3 Å². The van der Waals surface area contributed by atoms with Crippen LogP contribution in [-0.4, -0.2) is 34.3 Å². The zero-order valence-electron chi connectivity index (χ0n) is 16.7. The van der Waals surface area contributed by atoms with Gasteiger partial charge in [0.15, 0.2) is 5.75 Å². The second-order valence-electron chi connectivity index (χ2n) is 6.19. The number of rotatable bonds is 4. The third-order valence-corrected chi connectivity index (χ3v) is 5.97. The molecule has 2 aliphatic heterocycles. The molecule has 0 saturated carbocycles. The average Bonchev–Trinajstić information content (AvgIpc) is 3.26. The van der Waals surface area contributed by atoms with Crippen LogP contribution in [0.1, 0.15) is 24.6 Å². The standard InChI is InChI=1S/C16H17ClN3O6P.C2H2.CH3F/c17-12-7-20(16(21)19-15(12)18)14-6-5-11(25-14)9-24-27(22)23-8-10-3-1-2-4-13(10)26-27;2*1-2/h1-4,7,11,14,22H,5-6,8-9H2,(H-,18,19,21);1-2H;1H3/p+1. The van der Waals surface area contributed by atoms with E-state index < -0.39 is 20.1 Å². The Morgan fingerprint density at radius 3 is 2.84 bits per heavy atom. The van der Waals surface area contributed by atoms with E-state index in [1.54, 1.807) is 6.07 Å². The number of hydrogen-bond acceptors (Lipinski definition) is 8. The van der Waals surface area contributed by atoms with Gasteiger partial charge in [0.05, 0.1) is 18.3 Å². The highest BCUT2D eigenvalue weighted by Gasteiger charge is 2.51. The molecule has 9 nitrogen and oxygen atoms in total. The molecule has 31 heavy (non-hydrogen) atoms. The molecule has 1 aromatic carbocycles. The first-order chi connectivity index (χ1) is 14.9. The van der Waals surface area contributed by atoms with Gasteiger partial charge in [-0.1, -0.05) is 29.8 Å². The fraction of sp³-hybridized carbons (Fsp3) is 0.368. The summed E-state index contributed by atoms with van der Waals surface area (Å²) in [7, 11) is -2.96. The number of nitrogens with zero attached hydrogens (tertiary/aromatic N) is 2. The lowest BCUT2D eigenvalue weighted by Crippen LogP contribution is -2.28. The molecule has 0 amide bonds. The molecule has 12 heteroatoms. The third-order valence-electron chi connectivity index (χ3n) is 4.32. The summed E-state index contributed by atoms with van der Waals surface area (Å²) < 4.78 is 33.0. The molecule has 0 bridgehead atoms. The van der Waals surface area contributed by atoms with Crippen LogP contribution in [0.5, 0.6) is 5.75 Å². The van der Waals surface area contributed by atoms with Crippen molar-refractivity contribution in [2.75, 3.05) is 19.5 Å². The van der Waals surface area contributed by atoms with Gasteiger partial charge >= 0.3 is 13.9 Å². The molecule has 3 N–H and O–H groups in total. The first kappa shape index (κ1) is 25.0. The largest absolute Gasteiger partial charge is 0.619 e. The molecule has 4 rings (SSSR count). The second-order valence-corrected chi connectivity index (χ2v) is 8.23. The number of nitrogen functional groups attached to an aromatic ring is 1. The fourth-order valence-corrected chi connectivity index (χ4v) is 4.34. The van der Waals surface area contributed by atoms with Crippen molar-refractivity contribution in [3.8, 4) is 18.6 Å². The summed E-state index contributed by atoms with van der Waals surface area (Å²) >= 11 is 5.93. The Kier molecular flexibility index (Phi) is 9.19. The van der Waals surface area contributed by atoms with Crippen LogP contribution in [0, 0.1) is 12.8 Å². The Hall–Kier alpha value is -2.25. The number of alkyl halides is 1. The number of terminal acetylenes is 1. The predicted molar refractivity (Wildman–Crippen MR) is 115 cm³/mol. The summed E-state index contributed by atoms with van der Waals surface area (Å²) in [5, 5.41) is 0.181. The van der Waals surface area contributed by atoms with Crippen molar-refractivity contribution >= 4 is 25.6 Å². The topological polar surface area (TPSA) is 118 Å². The summed E-state index contributed by atoms with van der Waals surface area (Å²) in [6.45, 7) is 0.271. The van der Waals surface area contributed by atoms with Gasteiger partial charge in [0.25, 0.3) is 0 Å². The van der Waals surface area contributed by atoms with Crippen molar-refractivity contribution in [1.29, 1.82) is 0 Å². The molecular weight excluding hydrogens is 452 g/mol. The number of halogens is 2. The van der Waals surface area contributed by atoms with Crippen LogP contribution >= 0.6 is 19.8 Å². The number of benzene rings is 1. The number of nitrogens with two attached hydrogens (primary N) is 1. The maximum Gasteiger partial charge on any atom is 0.619 e. The van der Waals surface area contributed by atoms with E-state index in [0.29, 0.717) is 25.8 Å². The molecule has 1 saturated heterocycles. The van der Waals surface area contributed by atoms with Gasteiger partial charge in [-0.2, -0.15) is 9.88 Å². The minimum absolute atomic E-state index is 0.0188. The lowest BCUT2D eigenvalue weighted by atomic mass is 10.2. The van der Waals surface area contributed by atoms with Gasteiger partial charge in [-0.25, -0.2) is 4.79 Å². The Bertz CT molecular complexity index is 962. The summed E-state index contributed by atoms with van der Waals surface area (Å²) in [4.78, 5) is 26.1. The predicted octanol–water partition coefficient (Wildman–Crippen LogP) is 3.29. The monoisotopic (exact) mass is 474 g/mol. The smallest absolute Gasteiger partial charge is 0.382 e. The molecule has 3 atom stereocenters. The van der Waals surface area contributed by atoms with Crippen LogP contribution in [0.25, 0.3) is 0 Å². The molecule has 2 aromatic rings. The fourth-order valence-electron chi connectivity index (χ4n) is 2.93. The van der Waals surface area contributed by atoms with Crippen LogP contribution < -0.4 is 15.9 Å². The van der Waals surface area contributed by atoms with Gasteiger partial charge in [0.2, 0.25) is 0 Å². The van der Waals surface area contributed by atoms with E-state index in [2.05, 4.69) is 17.8 Å². The van der Waals surface area contributed by atoms with Gasteiger partial charge < -0.3 is 10.5 Å². The number of anilines is 1. The van der Waals surface area contributed by atoms with Crippen molar-refractivity contribution < 1.29 is 27.6 Å². The summed E-state index contributed by atoms with van der Waals surface area (Å²) in [6, 6.07) is 7.27. The van der Waals surface area contributed by atoms with Gasteiger partial charge in [0.1, 0.15) is 25.3 Å². The normalized spacial score (nSPS) is 23.9. The first-order valence-corrected chi connectivity index (χ1v) is 10.9. The van der Waals surface area contributed by atoms with Crippen LogP contribution in [0.2, 0.25) is 5.02 Å². The lowest BCUT2D eigenvalue weighted by Gasteiger charge is -2.22. The molecule has 0 spiro atoms. The van der Waals surface area contributed by atoms with E-state index >= 15 is 0 Å². The number of ether oxygens (including phenoxy) is 1. The van der Waals surface area contributed by atoms with Crippen molar-refractivity contribution in [2.24, 2.45) is 0 Å². The minimum atomic E-state index is -3.46. The minimum Gasteiger partial charge on any atom is -0.382 e. The second kappa shape index (κ2) is 11.4. The Morgan fingerprint density at radius 1 is 1.39 bits per heavy atom. The molecule has 3 unspecified atom stereocenters. The van der Waals surface area contributed by atoms with E-state index in [0.717, 1.165) is 5.56 Å². The Balaban J connectivity index is 0.000000807. The van der Waals surface area contributed by atoms with E-state index in [1.807, 2.05) is 18.2 Å². The number of fused-ring (bicyclic) bond motifs is 1. The van der Waals surface area contributed by atoms with Crippen molar-refractivity contribution in [3.05, 3.63) is 51.5 Å².